The van der Waals surface area contributed by atoms with Gasteiger partial charge in [0.15, 0.2) is 0 Å². The first-order valence-electron chi connectivity index (χ1n) is 7.05. The molecule has 1 amide bonds. The molecule has 0 saturated heterocycles. The van der Waals surface area contributed by atoms with Crippen molar-refractivity contribution in [3.8, 4) is 11.8 Å². The molecule has 6 heteroatoms. The Morgan fingerprint density at radius 3 is 2.54 bits per heavy atom. The summed E-state index contributed by atoms with van der Waals surface area (Å²) in [6.07, 6.45) is 0. The molecule has 0 aliphatic rings. The van der Waals surface area contributed by atoms with Crippen LogP contribution in [0.25, 0.3) is 0 Å². The third-order valence-corrected chi connectivity index (χ3v) is 3.11. The van der Waals surface area contributed by atoms with E-state index < -0.39 is 11.9 Å². The van der Waals surface area contributed by atoms with Crippen LogP contribution in [-0.4, -0.2) is 18.5 Å². The van der Waals surface area contributed by atoms with Crippen molar-refractivity contribution in [2.75, 3.05) is 11.9 Å². The smallest absolute Gasteiger partial charge is 0.397 e. The number of hydrogen-bond acceptors (Lipinski definition) is 3. The maximum Gasteiger partial charge on any atom is 0.397 e. The molecule has 0 radical (unpaired) electrons. The number of esters is 1. The molecule has 2 rings (SSSR count). The van der Waals surface area contributed by atoms with Crippen molar-refractivity contribution in [2.45, 2.75) is 6.92 Å². The van der Waals surface area contributed by atoms with Crippen molar-refractivity contribution >= 4 is 29.2 Å². The summed E-state index contributed by atoms with van der Waals surface area (Å²) in [5.41, 5.74) is 1.34. The van der Waals surface area contributed by atoms with Gasteiger partial charge in [0.25, 0.3) is 0 Å². The first-order chi connectivity index (χ1) is 11.5. The number of carbonyl (C=O) groups excluding carboxylic acids is 2. The first-order valence-corrected chi connectivity index (χ1v) is 7.42. The molecule has 4 nitrogen and oxygen atoms in total. The predicted octanol–water partition coefficient (Wildman–Crippen LogP) is 3.38. The van der Waals surface area contributed by atoms with Gasteiger partial charge in [0.05, 0.1) is 12.3 Å². The van der Waals surface area contributed by atoms with Gasteiger partial charge in [-0.05, 0) is 49.4 Å². The largest absolute Gasteiger partial charge is 0.459 e. The number of anilines is 1. The predicted molar refractivity (Wildman–Crippen MR) is 89.1 cm³/mol. The van der Waals surface area contributed by atoms with E-state index in [2.05, 4.69) is 21.9 Å². The Morgan fingerprint density at radius 2 is 1.88 bits per heavy atom. The fourth-order valence-electron chi connectivity index (χ4n) is 1.77. The van der Waals surface area contributed by atoms with E-state index in [4.69, 9.17) is 11.6 Å². The molecule has 122 valence electrons. The van der Waals surface area contributed by atoms with Gasteiger partial charge in [0, 0.05) is 16.1 Å². The number of carbonyl (C=O) groups is 2. The molecule has 0 unspecified atom stereocenters. The van der Waals surface area contributed by atoms with Gasteiger partial charge >= 0.3 is 11.9 Å². The second-order valence-corrected chi connectivity index (χ2v) is 5.06. The van der Waals surface area contributed by atoms with Gasteiger partial charge in [-0.1, -0.05) is 23.4 Å². The highest BCUT2D eigenvalue weighted by molar-refractivity contribution is 6.37. The number of benzene rings is 2. The van der Waals surface area contributed by atoms with Crippen LogP contribution in [0, 0.1) is 17.7 Å². The lowest BCUT2D eigenvalue weighted by molar-refractivity contribution is -0.152. The molecular weight excluding hydrogens is 333 g/mol. The van der Waals surface area contributed by atoms with Gasteiger partial charge < -0.3 is 10.1 Å². The number of ether oxygens (including phenoxy) is 1. The van der Waals surface area contributed by atoms with E-state index in [9.17, 15) is 14.0 Å². The Balaban J connectivity index is 2.27. The third-order valence-electron chi connectivity index (χ3n) is 2.88. The van der Waals surface area contributed by atoms with E-state index >= 15 is 0 Å². The highest BCUT2D eigenvalue weighted by atomic mass is 35.5. The second-order valence-electron chi connectivity index (χ2n) is 4.62. The second kappa shape index (κ2) is 8.14. The van der Waals surface area contributed by atoms with Gasteiger partial charge in [-0.3, -0.25) is 4.79 Å². The molecule has 0 aromatic heterocycles. The fourth-order valence-corrected chi connectivity index (χ4v) is 1.94. The number of hydrogen-bond donors (Lipinski definition) is 1. The molecule has 0 heterocycles. The summed E-state index contributed by atoms with van der Waals surface area (Å²) in [5, 5.41) is 2.86. The molecule has 0 bridgehead atoms. The van der Waals surface area contributed by atoms with E-state index in [0.717, 1.165) is 0 Å². The molecule has 2 aromatic carbocycles. The van der Waals surface area contributed by atoms with Gasteiger partial charge in [-0.2, -0.15) is 0 Å². The standard InChI is InChI=1S/C18H13ClFNO3/c1-2-24-18(23)17(22)21-16-10-7-14(19)11-13(16)6-3-12-4-8-15(20)9-5-12/h4-5,7-11H,2H2,1H3,(H,21,22). The Kier molecular flexibility index (Phi) is 5.94. The quantitative estimate of drug-likeness (QED) is 0.516. The lowest BCUT2D eigenvalue weighted by Crippen LogP contribution is -2.25. The van der Waals surface area contributed by atoms with Crippen molar-refractivity contribution in [1.82, 2.24) is 0 Å². The van der Waals surface area contributed by atoms with Crippen molar-refractivity contribution in [3.63, 3.8) is 0 Å². The highest BCUT2D eigenvalue weighted by Crippen LogP contribution is 2.20. The molecule has 2 aromatic rings. The molecule has 0 fully saturated rings. The van der Waals surface area contributed by atoms with Crippen LogP contribution in [0.3, 0.4) is 0 Å². The Bertz CT molecular complexity index is 822. The van der Waals surface area contributed by atoms with Gasteiger partial charge in [0.1, 0.15) is 5.82 Å². The number of rotatable bonds is 2. The van der Waals surface area contributed by atoms with E-state index in [1.165, 1.54) is 30.3 Å². The van der Waals surface area contributed by atoms with Crippen LogP contribution in [0.15, 0.2) is 42.5 Å². The minimum absolute atomic E-state index is 0.101. The van der Waals surface area contributed by atoms with Crippen molar-refractivity contribution < 1.29 is 18.7 Å². The molecular formula is C18H13ClFNO3. The zero-order chi connectivity index (χ0) is 17.5. The van der Waals surface area contributed by atoms with Crippen LogP contribution < -0.4 is 5.32 Å². The maximum absolute atomic E-state index is 12.9. The average Bonchev–Trinajstić information content (AvgIpc) is 2.56. The fraction of sp³-hybridized carbons (Fsp3) is 0.111. The SMILES string of the molecule is CCOC(=O)C(=O)Nc1ccc(Cl)cc1C#Cc1ccc(F)cc1. The van der Waals surface area contributed by atoms with Crippen molar-refractivity contribution in [3.05, 3.63) is 64.4 Å². The molecule has 0 spiro atoms. The third kappa shape index (κ3) is 4.83. The topological polar surface area (TPSA) is 55.4 Å². The first kappa shape index (κ1) is 17.5. The summed E-state index contributed by atoms with van der Waals surface area (Å²) < 4.78 is 17.5. The Hall–Kier alpha value is -2.84. The monoisotopic (exact) mass is 345 g/mol. The molecule has 0 aliphatic heterocycles. The minimum Gasteiger partial charge on any atom is -0.459 e. The lowest BCUT2D eigenvalue weighted by atomic mass is 10.1. The van der Waals surface area contributed by atoms with Gasteiger partial charge in [-0.15, -0.1) is 0 Å². The summed E-state index contributed by atoms with van der Waals surface area (Å²) in [6, 6.07) is 10.3. The Morgan fingerprint density at radius 1 is 1.17 bits per heavy atom. The van der Waals surface area contributed by atoms with Crippen LogP contribution in [0.4, 0.5) is 10.1 Å². The maximum atomic E-state index is 12.9. The van der Waals surface area contributed by atoms with Crippen LogP contribution in [0.1, 0.15) is 18.1 Å². The normalized spacial score (nSPS) is 9.62. The summed E-state index contributed by atoms with van der Waals surface area (Å²) >= 11 is 5.95. The minimum atomic E-state index is -0.982. The van der Waals surface area contributed by atoms with E-state index in [1.807, 2.05) is 0 Å². The molecule has 0 atom stereocenters. The number of nitrogens with one attached hydrogen (secondary N) is 1. The molecule has 0 saturated carbocycles. The van der Waals surface area contributed by atoms with Gasteiger partial charge in [0.2, 0.25) is 0 Å². The van der Waals surface area contributed by atoms with Crippen LogP contribution in [0.5, 0.6) is 0 Å². The van der Waals surface area contributed by atoms with E-state index in [-0.39, 0.29) is 12.4 Å². The molecule has 1 N–H and O–H groups in total. The Labute approximate surface area is 143 Å². The van der Waals surface area contributed by atoms with Crippen LogP contribution in [0.2, 0.25) is 5.02 Å². The number of halogens is 2. The zero-order valence-corrected chi connectivity index (χ0v) is 13.5. The average molecular weight is 346 g/mol. The highest BCUT2D eigenvalue weighted by Gasteiger charge is 2.16. The lowest BCUT2D eigenvalue weighted by Gasteiger charge is -2.07. The van der Waals surface area contributed by atoms with Crippen LogP contribution in [-0.2, 0) is 14.3 Å². The van der Waals surface area contributed by atoms with Crippen molar-refractivity contribution in [2.24, 2.45) is 0 Å². The van der Waals surface area contributed by atoms with Crippen molar-refractivity contribution in [1.29, 1.82) is 0 Å². The van der Waals surface area contributed by atoms with E-state index in [0.29, 0.717) is 21.8 Å². The zero-order valence-electron chi connectivity index (χ0n) is 12.7. The number of amides is 1. The summed E-state index contributed by atoms with van der Waals surface area (Å²) in [5.74, 6) is 3.45. The summed E-state index contributed by atoms with van der Waals surface area (Å²) in [7, 11) is 0. The summed E-state index contributed by atoms with van der Waals surface area (Å²) in [6.45, 7) is 1.71. The summed E-state index contributed by atoms with van der Waals surface area (Å²) in [4.78, 5) is 23.1. The van der Waals surface area contributed by atoms with Gasteiger partial charge in [-0.25, -0.2) is 9.18 Å². The molecule has 0 aliphatic carbocycles. The molecule has 24 heavy (non-hydrogen) atoms. The van der Waals surface area contributed by atoms with Crippen LogP contribution >= 0.6 is 11.6 Å². The van der Waals surface area contributed by atoms with E-state index in [1.54, 1.807) is 19.1 Å².